The normalized spacial score (nSPS) is 12.3. The van der Waals surface area contributed by atoms with Gasteiger partial charge in [0, 0.05) is 29.1 Å². The van der Waals surface area contributed by atoms with Gasteiger partial charge in [0.15, 0.2) is 17.6 Å². The van der Waals surface area contributed by atoms with E-state index in [0.717, 1.165) is 16.5 Å². The molecule has 0 fully saturated rings. The fraction of sp³-hybridized carbons (Fsp3) is 0.174. The van der Waals surface area contributed by atoms with Crippen molar-refractivity contribution in [2.24, 2.45) is 0 Å². The number of carbonyl (C=O) groups excluding carboxylic acids is 2. The maximum atomic E-state index is 12.7. The topological polar surface area (TPSA) is 89.7 Å². The number of rotatable bonds is 6. The number of nitrogens with zero attached hydrogens (tertiary/aromatic N) is 5. The quantitative estimate of drug-likeness (QED) is 0.355. The summed E-state index contributed by atoms with van der Waals surface area (Å²) in [6.45, 7) is 3.89. The van der Waals surface area contributed by atoms with Gasteiger partial charge >= 0.3 is 5.97 Å². The summed E-state index contributed by atoms with van der Waals surface area (Å²) in [6, 6.07) is 17.0. The van der Waals surface area contributed by atoms with Crippen molar-refractivity contribution in [2.75, 3.05) is 11.4 Å². The van der Waals surface area contributed by atoms with Crippen molar-refractivity contribution >= 4 is 40.1 Å². The van der Waals surface area contributed by atoms with Crippen LogP contribution in [-0.2, 0) is 14.3 Å². The number of likely N-dealkylation sites (N-methyl/N-ethyl adjacent to an activating group) is 1. The minimum atomic E-state index is -0.936. The zero-order chi connectivity index (χ0) is 21.8. The molecule has 0 unspecified atom stereocenters. The molecule has 1 amide bonds. The summed E-state index contributed by atoms with van der Waals surface area (Å²) in [5, 5.41) is 14.5. The first-order valence-corrected chi connectivity index (χ1v) is 9.92. The Morgan fingerprint density at radius 3 is 2.61 bits per heavy atom. The average Bonchev–Trinajstić information content (AvgIpc) is 3.22. The van der Waals surface area contributed by atoms with Crippen LogP contribution in [0.4, 0.5) is 5.69 Å². The Labute approximate surface area is 178 Å². The van der Waals surface area contributed by atoms with Gasteiger partial charge in [-0.3, -0.25) is 4.79 Å². The smallest absolute Gasteiger partial charge is 0.331 e. The lowest BCUT2D eigenvalue weighted by Crippen LogP contribution is -2.39. The van der Waals surface area contributed by atoms with E-state index < -0.39 is 12.1 Å². The molecule has 2 heterocycles. The second-order valence-electron chi connectivity index (χ2n) is 6.86. The Bertz CT molecular complexity index is 1270. The number of carbonyl (C=O) groups is 2. The highest BCUT2D eigenvalue weighted by molar-refractivity contribution is 5.98. The first-order valence-electron chi connectivity index (χ1n) is 9.92. The van der Waals surface area contributed by atoms with Gasteiger partial charge in [0.2, 0.25) is 0 Å². The van der Waals surface area contributed by atoms with Crippen LogP contribution in [0.2, 0.25) is 0 Å². The van der Waals surface area contributed by atoms with Crippen molar-refractivity contribution in [2.45, 2.75) is 20.0 Å². The molecule has 0 radical (unpaired) electrons. The van der Waals surface area contributed by atoms with Gasteiger partial charge in [0.1, 0.15) is 0 Å². The predicted octanol–water partition coefficient (Wildman–Crippen LogP) is 3.28. The third-order valence-electron chi connectivity index (χ3n) is 4.84. The molecule has 0 N–H and O–H groups in total. The Kier molecular flexibility index (Phi) is 5.70. The Morgan fingerprint density at radius 2 is 1.84 bits per heavy atom. The second kappa shape index (κ2) is 8.74. The molecule has 1 atom stereocenters. The molecule has 8 nitrogen and oxygen atoms in total. The Morgan fingerprint density at radius 1 is 1.10 bits per heavy atom. The van der Waals surface area contributed by atoms with Crippen LogP contribution in [0.5, 0.6) is 0 Å². The largest absolute Gasteiger partial charge is 0.449 e. The van der Waals surface area contributed by atoms with E-state index in [1.54, 1.807) is 22.5 Å². The molecule has 156 valence electrons. The number of hydrogen-bond acceptors (Lipinski definition) is 6. The van der Waals surface area contributed by atoms with Gasteiger partial charge in [-0.25, -0.2) is 4.79 Å². The van der Waals surface area contributed by atoms with Crippen molar-refractivity contribution in [1.82, 2.24) is 19.8 Å². The Hall–Kier alpha value is -4.07. The molecule has 0 bridgehead atoms. The summed E-state index contributed by atoms with van der Waals surface area (Å²) in [5.74, 6) is -0.560. The van der Waals surface area contributed by atoms with Gasteiger partial charge in [0.25, 0.3) is 5.91 Å². The molecule has 0 saturated heterocycles. The number of fused-ring (bicyclic) bond motifs is 3. The van der Waals surface area contributed by atoms with E-state index in [4.69, 9.17) is 4.74 Å². The molecular formula is C23H21N5O3. The first-order chi connectivity index (χ1) is 15.1. The number of benzene rings is 2. The Balaban J connectivity index is 1.47. The van der Waals surface area contributed by atoms with E-state index in [9.17, 15) is 9.59 Å². The number of esters is 1. The first kappa shape index (κ1) is 20.2. The molecule has 0 saturated carbocycles. The van der Waals surface area contributed by atoms with Gasteiger partial charge in [-0.05, 0) is 32.1 Å². The molecular weight excluding hydrogens is 394 g/mol. The van der Waals surface area contributed by atoms with Crippen LogP contribution < -0.4 is 4.90 Å². The third kappa shape index (κ3) is 4.13. The third-order valence-corrected chi connectivity index (χ3v) is 4.84. The van der Waals surface area contributed by atoms with Crippen LogP contribution in [0.15, 0.2) is 66.9 Å². The molecule has 0 aliphatic carbocycles. The van der Waals surface area contributed by atoms with Crippen LogP contribution in [0.25, 0.3) is 22.5 Å². The van der Waals surface area contributed by atoms with Gasteiger partial charge in [-0.15, -0.1) is 10.2 Å². The maximum Gasteiger partial charge on any atom is 0.331 e. The monoisotopic (exact) mass is 415 g/mol. The average molecular weight is 415 g/mol. The van der Waals surface area contributed by atoms with Crippen molar-refractivity contribution in [3.8, 4) is 0 Å². The van der Waals surface area contributed by atoms with Crippen LogP contribution in [0.3, 0.4) is 0 Å². The second-order valence-corrected chi connectivity index (χ2v) is 6.86. The van der Waals surface area contributed by atoms with Crippen LogP contribution in [0.1, 0.15) is 19.7 Å². The van der Waals surface area contributed by atoms with Crippen molar-refractivity contribution < 1.29 is 14.3 Å². The highest BCUT2D eigenvalue weighted by Gasteiger charge is 2.23. The van der Waals surface area contributed by atoms with Gasteiger partial charge in [0.05, 0.1) is 6.20 Å². The molecule has 8 heteroatoms. The zero-order valence-corrected chi connectivity index (χ0v) is 17.2. The van der Waals surface area contributed by atoms with Crippen molar-refractivity contribution in [1.29, 1.82) is 0 Å². The summed E-state index contributed by atoms with van der Waals surface area (Å²) in [4.78, 5) is 26.6. The number of para-hydroxylation sites is 1. The molecule has 31 heavy (non-hydrogen) atoms. The highest BCUT2D eigenvalue weighted by atomic mass is 16.5. The molecule has 0 aliphatic heterocycles. The molecule has 4 rings (SSSR count). The number of anilines is 1. The molecule has 0 spiro atoms. The number of aromatic nitrogens is 4. The van der Waals surface area contributed by atoms with Crippen molar-refractivity contribution in [3.05, 3.63) is 72.7 Å². The van der Waals surface area contributed by atoms with Crippen LogP contribution >= 0.6 is 0 Å². The van der Waals surface area contributed by atoms with Gasteiger partial charge in [-0.2, -0.15) is 9.61 Å². The standard InChI is InChI=1S/C23H21N5O3/c1-3-27(18-10-5-4-6-11-18)23(30)16(2)31-21(29)14-13-20-25-26-22-19-12-8-7-9-17(19)15-24-28(20)22/h4-16H,3H2,1-2H3/b14-13+/t16-/m0/s1. The number of ether oxygens (including phenoxy) is 1. The highest BCUT2D eigenvalue weighted by Crippen LogP contribution is 2.18. The van der Waals surface area contributed by atoms with E-state index in [2.05, 4.69) is 15.3 Å². The molecule has 2 aromatic heterocycles. The summed E-state index contributed by atoms with van der Waals surface area (Å²) in [7, 11) is 0. The summed E-state index contributed by atoms with van der Waals surface area (Å²) in [5.41, 5.74) is 1.35. The maximum absolute atomic E-state index is 12.7. The zero-order valence-electron chi connectivity index (χ0n) is 17.2. The molecule has 4 aromatic rings. The van der Waals surface area contributed by atoms with Gasteiger partial charge < -0.3 is 9.64 Å². The van der Waals surface area contributed by atoms with E-state index in [1.807, 2.05) is 61.5 Å². The predicted molar refractivity (Wildman–Crippen MR) is 117 cm³/mol. The molecule has 2 aromatic carbocycles. The van der Waals surface area contributed by atoms with E-state index in [0.29, 0.717) is 18.0 Å². The van der Waals surface area contributed by atoms with Crippen LogP contribution in [0, 0.1) is 0 Å². The van der Waals surface area contributed by atoms with E-state index in [-0.39, 0.29) is 5.91 Å². The molecule has 0 aliphatic rings. The minimum Gasteiger partial charge on any atom is -0.449 e. The SMILES string of the molecule is CCN(C(=O)[C@H](C)OC(=O)/C=C/c1nnc2c3ccccc3cnn12)c1ccccc1. The summed E-state index contributed by atoms with van der Waals surface area (Å²) in [6.07, 6.45) is 3.46. The lowest BCUT2D eigenvalue weighted by molar-refractivity contribution is -0.149. The summed E-state index contributed by atoms with van der Waals surface area (Å²) < 4.78 is 6.85. The van der Waals surface area contributed by atoms with E-state index in [1.165, 1.54) is 12.2 Å². The fourth-order valence-electron chi connectivity index (χ4n) is 3.31. The fourth-order valence-corrected chi connectivity index (χ4v) is 3.31. The van der Waals surface area contributed by atoms with Gasteiger partial charge in [-0.1, -0.05) is 42.5 Å². The lowest BCUT2D eigenvalue weighted by Gasteiger charge is -2.24. The minimum absolute atomic E-state index is 0.295. The number of amides is 1. The number of hydrogen-bond donors (Lipinski definition) is 0. The van der Waals surface area contributed by atoms with Crippen molar-refractivity contribution in [3.63, 3.8) is 0 Å². The summed E-state index contributed by atoms with van der Waals surface area (Å²) >= 11 is 0. The van der Waals surface area contributed by atoms with E-state index >= 15 is 0 Å². The van der Waals surface area contributed by atoms with Crippen LogP contribution in [-0.4, -0.2) is 44.3 Å². The lowest BCUT2D eigenvalue weighted by atomic mass is 10.2.